The van der Waals surface area contributed by atoms with Gasteiger partial charge < -0.3 is 15.0 Å². The third kappa shape index (κ3) is 3.58. The molecular formula is C11H17N3O3. The second-order valence-corrected chi connectivity index (χ2v) is 4.17. The second-order valence-electron chi connectivity index (χ2n) is 4.17. The van der Waals surface area contributed by atoms with E-state index >= 15 is 0 Å². The van der Waals surface area contributed by atoms with Gasteiger partial charge >= 0.3 is 5.97 Å². The Morgan fingerprint density at radius 3 is 2.65 bits per heavy atom. The summed E-state index contributed by atoms with van der Waals surface area (Å²) in [4.78, 5) is 25.9. The number of amides is 1. The van der Waals surface area contributed by atoms with E-state index in [9.17, 15) is 9.59 Å². The van der Waals surface area contributed by atoms with E-state index in [0.29, 0.717) is 5.69 Å². The molecule has 0 saturated carbocycles. The molecule has 0 spiro atoms. The quantitative estimate of drug-likeness (QED) is 0.806. The van der Waals surface area contributed by atoms with Gasteiger partial charge in [0.25, 0.3) is 0 Å². The molecule has 1 aromatic rings. The van der Waals surface area contributed by atoms with Gasteiger partial charge in [-0.3, -0.25) is 9.59 Å². The summed E-state index contributed by atoms with van der Waals surface area (Å²) in [6.45, 7) is 5.30. The molecule has 1 amide bonds. The van der Waals surface area contributed by atoms with Crippen LogP contribution < -0.4 is 5.32 Å². The van der Waals surface area contributed by atoms with Crippen molar-refractivity contribution in [3.05, 3.63) is 18.2 Å². The Balaban J connectivity index is 2.98. The van der Waals surface area contributed by atoms with Crippen molar-refractivity contribution in [1.29, 1.82) is 0 Å². The molecule has 1 atom stereocenters. The maximum Gasteiger partial charge on any atom is 0.305 e. The van der Waals surface area contributed by atoms with E-state index in [1.54, 1.807) is 12.5 Å². The molecule has 0 saturated heterocycles. The number of nitrogens with zero attached hydrogens (tertiary/aromatic N) is 2. The van der Waals surface area contributed by atoms with Crippen molar-refractivity contribution < 1.29 is 14.7 Å². The van der Waals surface area contributed by atoms with Crippen LogP contribution in [0.3, 0.4) is 0 Å². The molecule has 0 aliphatic rings. The Bertz CT molecular complexity index is 396. The number of aliphatic carboxylic acids is 1. The van der Waals surface area contributed by atoms with Gasteiger partial charge in [-0.1, -0.05) is 0 Å². The van der Waals surface area contributed by atoms with Gasteiger partial charge in [0.05, 0.1) is 30.7 Å². The van der Waals surface area contributed by atoms with Gasteiger partial charge in [-0.05, 0) is 13.8 Å². The zero-order valence-corrected chi connectivity index (χ0v) is 10.2. The molecule has 0 bridgehead atoms. The summed E-state index contributed by atoms with van der Waals surface area (Å²) >= 11 is 0. The molecule has 0 aromatic carbocycles. The first-order valence-electron chi connectivity index (χ1n) is 5.42. The fourth-order valence-corrected chi connectivity index (χ4v) is 1.67. The van der Waals surface area contributed by atoms with Crippen LogP contribution in [0, 0.1) is 0 Å². The molecule has 0 unspecified atom stereocenters. The van der Waals surface area contributed by atoms with Crippen LogP contribution in [0.1, 0.15) is 45.0 Å². The van der Waals surface area contributed by atoms with Crippen LogP contribution in [0.5, 0.6) is 0 Å². The minimum absolute atomic E-state index is 0.155. The van der Waals surface area contributed by atoms with E-state index in [2.05, 4.69) is 10.3 Å². The third-order valence-electron chi connectivity index (χ3n) is 2.37. The predicted octanol–water partition coefficient (Wildman–Crippen LogP) is 1.12. The highest BCUT2D eigenvalue weighted by Gasteiger charge is 2.21. The minimum Gasteiger partial charge on any atom is -0.481 e. The summed E-state index contributed by atoms with van der Waals surface area (Å²) in [5.41, 5.74) is 0.706. The van der Waals surface area contributed by atoms with E-state index in [1.807, 2.05) is 18.4 Å². The van der Waals surface area contributed by atoms with Crippen molar-refractivity contribution in [1.82, 2.24) is 14.9 Å². The fourth-order valence-electron chi connectivity index (χ4n) is 1.67. The van der Waals surface area contributed by atoms with Crippen molar-refractivity contribution in [2.75, 3.05) is 0 Å². The summed E-state index contributed by atoms with van der Waals surface area (Å²) in [5, 5.41) is 11.5. The smallest absolute Gasteiger partial charge is 0.305 e. The van der Waals surface area contributed by atoms with Crippen LogP contribution in [0.2, 0.25) is 0 Å². The molecule has 17 heavy (non-hydrogen) atoms. The largest absolute Gasteiger partial charge is 0.481 e. The minimum atomic E-state index is -0.958. The van der Waals surface area contributed by atoms with Crippen molar-refractivity contribution in [3.8, 4) is 0 Å². The molecule has 1 aromatic heterocycles. The Hall–Kier alpha value is -1.85. The molecule has 0 aliphatic heterocycles. The van der Waals surface area contributed by atoms with E-state index in [-0.39, 0.29) is 18.4 Å². The standard InChI is InChI=1S/C11H17N3O3/c1-7(2)14-6-12-5-10(14)9(4-11(16)17)13-8(3)15/h5-7,9H,4H2,1-3H3,(H,13,15)(H,16,17)/t9-/m0/s1. The van der Waals surface area contributed by atoms with Gasteiger partial charge in [0, 0.05) is 13.0 Å². The number of hydrogen-bond donors (Lipinski definition) is 2. The Labute approximate surface area is 99.7 Å². The third-order valence-corrected chi connectivity index (χ3v) is 2.37. The number of hydrogen-bond acceptors (Lipinski definition) is 3. The van der Waals surface area contributed by atoms with Crippen LogP contribution in [-0.2, 0) is 9.59 Å². The Kier molecular flexibility index (Phi) is 4.25. The van der Waals surface area contributed by atoms with E-state index < -0.39 is 12.0 Å². The SMILES string of the molecule is CC(=O)N[C@@H](CC(=O)O)c1cncn1C(C)C. The number of carboxylic acids is 1. The summed E-state index contributed by atoms with van der Waals surface area (Å²) < 4.78 is 1.85. The number of rotatable bonds is 5. The van der Waals surface area contributed by atoms with Crippen LogP contribution in [0.15, 0.2) is 12.5 Å². The summed E-state index contributed by atoms with van der Waals surface area (Å²) in [6, 6.07) is -0.382. The topological polar surface area (TPSA) is 84.2 Å². The highest BCUT2D eigenvalue weighted by Crippen LogP contribution is 2.20. The number of carbonyl (C=O) groups excluding carboxylic acids is 1. The number of carbonyl (C=O) groups is 2. The molecule has 6 heteroatoms. The first kappa shape index (κ1) is 13.2. The molecule has 2 N–H and O–H groups in total. The van der Waals surface area contributed by atoms with Crippen molar-refractivity contribution in [2.45, 2.75) is 39.3 Å². The first-order valence-corrected chi connectivity index (χ1v) is 5.42. The molecule has 6 nitrogen and oxygen atoms in total. The lowest BCUT2D eigenvalue weighted by Crippen LogP contribution is -2.30. The summed E-state index contributed by atoms with van der Waals surface area (Å²) in [7, 11) is 0. The molecule has 1 rings (SSSR count). The normalized spacial score (nSPS) is 12.5. The lowest BCUT2D eigenvalue weighted by Gasteiger charge is -2.20. The highest BCUT2D eigenvalue weighted by atomic mass is 16.4. The fraction of sp³-hybridized carbons (Fsp3) is 0.545. The molecule has 0 fully saturated rings. The molecule has 94 valence electrons. The number of imidazole rings is 1. The number of aromatic nitrogens is 2. The lowest BCUT2D eigenvalue weighted by atomic mass is 10.1. The average molecular weight is 239 g/mol. The van der Waals surface area contributed by atoms with Gasteiger partial charge in [0.15, 0.2) is 0 Å². The van der Waals surface area contributed by atoms with E-state index in [1.165, 1.54) is 6.92 Å². The van der Waals surface area contributed by atoms with Gasteiger partial charge in [-0.2, -0.15) is 0 Å². The average Bonchev–Trinajstić information content (AvgIpc) is 2.62. The highest BCUT2D eigenvalue weighted by molar-refractivity contribution is 5.75. The number of carboxylic acid groups (broad SMARTS) is 1. The van der Waals surface area contributed by atoms with Crippen LogP contribution in [0.25, 0.3) is 0 Å². The van der Waals surface area contributed by atoms with Gasteiger partial charge in [-0.15, -0.1) is 0 Å². The second kappa shape index (κ2) is 5.47. The van der Waals surface area contributed by atoms with Gasteiger partial charge in [0.2, 0.25) is 5.91 Å². The van der Waals surface area contributed by atoms with E-state index in [4.69, 9.17) is 5.11 Å². The lowest BCUT2D eigenvalue weighted by molar-refractivity contribution is -0.137. The van der Waals surface area contributed by atoms with E-state index in [0.717, 1.165) is 0 Å². The Morgan fingerprint density at radius 2 is 2.18 bits per heavy atom. The van der Waals surface area contributed by atoms with Crippen molar-refractivity contribution in [3.63, 3.8) is 0 Å². The monoisotopic (exact) mass is 239 g/mol. The first-order chi connectivity index (χ1) is 7.91. The maximum atomic E-state index is 11.1. The van der Waals surface area contributed by atoms with Gasteiger partial charge in [-0.25, -0.2) is 4.98 Å². The predicted molar refractivity (Wildman–Crippen MR) is 61.4 cm³/mol. The molecule has 0 aliphatic carbocycles. The van der Waals surface area contributed by atoms with Crippen molar-refractivity contribution >= 4 is 11.9 Å². The van der Waals surface area contributed by atoms with Crippen LogP contribution >= 0.6 is 0 Å². The molecule has 1 heterocycles. The summed E-state index contributed by atoms with van der Waals surface area (Å²) in [5.74, 6) is -1.21. The van der Waals surface area contributed by atoms with Crippen LogP contribution in [0.4, 0.5) is 0 Å². The molecule has 0 radical (unpaired) electrons. The maximum absolute atomic E-state index is 11.1. The number of nitrogens with one attached hydrogen (secondary N) is 1. The summed E-state index contributed by atoms with van der Waals surface area (Å²) in [6.07, 6.45) is 3.07. The zero-order chi connectivity index (χ0) is 13.0. The Morgan fingerprint density at radius 1 is 1.53 bits per heavy atom. The van der Waals surface area contributed by atoms with Crippen LogP contribution in [-0.4, -0.2) is 26.5 Å². The molecular weight excluding hydrogens is 222 g/mol. The van der Waals surface area contributed by atoms with Crippen molar-refractivity contribution in [2.24, 2.45) is 0 Å². The zero-order valence-electron chi connectivity index (χ0n) is 10.2. The van der Waals surface area contributed by atoms with Gasteiger partial charge in [0.1, 0.15) is 0 Å².